The number of carbonyl (C=O) groups is 1. The molecule has 0 saturated carbocycles. The number of hydrogen-bond donors (Lipinski definition) is 0. The van der Waals surface area contributed by atoms with Crippen molar-refractivity contribution in [3.8, 4) is 11.5 Å². The molecule has 2 aromatic heterocycles. The maximum absolute atomic E-state index is 11.8. The zero-order valence-corrected chi connectivity index (χ0v) is 11.0. The largest absolute Gasteiger partial charge is 0.328 e. The number of rotatable bonds is 3. The second-order valence-electron chi connectivity index (χ2n) is 4.80. The first-order chi connectivity index (χ1) is 9.29. The van der Waals surface area contributed by atoms with Crippen LogP contribution in [-0.4, -0.2) is 25.3 Å². The van der Waals surface area contributed by atoms with Gasteiger partial charge in [0.05, 0.1) is 23.8 Å². The van der Waals surface area contributed by atoms with Gasteiger partial charge in [-0.1, -0.05) is 6.92 Å². The summed E-state index contributed by atoms with van der Waals surface area (Å²) in [6.45, 7) is 3.02. The first-order valence-corrected chi connectivity index (χ1v) is 6.69. The number of aromatic nitrogens is 4. The molecule has 2 aromatic rings. The average Bonchev–Trinajstić information content (AvgIpc) is 2.87. The van der Waals surface area contributed by atoms with Crippen molar-refractivity contribution in [3.63, 3.8) is 0 Å². The smallest absolute Gasteiger partial charge is 0.178 e. The van der Waals surface area contributed by atoms with Crippen LogP contribution in [0.3, 0.4) is 0 Å². The summed E-state index contributed by atoms with van der Waals surface area (Å²) in [5, 5.41) is 0. The zero-order valence-electron chi connectivity index (χ0n) is 11.0. The van der Waals surface area contributed by atoms with Crippen molar-refractivity contribution >= 4 is 5.78 Å². The normalized spacial score (nSPS) is 14.5. The summed E-state index contributed by atoms with van der Waals surface area (Å²) in [6.07, 6.45) is 8.64. The molecule has 0 radical (unpaired) electrons. The summed E-state index contributed by atoms with van der Waals surface area (Å²) in [5.41, 5.74) is 2.49. The van der Waals surface area contributed by atoms with E-state index < -0.39 is 0 Å². The van der Waals surface area contributed by atoms with Crippen molar-refractivity contribution in [2.45, 2.75) is 39.2 Å². The first-order valence-electron chi connectivity index (χ1n) is 6.69. The number of imidazole rings is 1. The van der Waals surface area contributed by atoms with Crippen LogP contribution in [0.1, 0.15) is 42.2 Å². The number of hydrogen-bond acceptors (Lipinski definition) is 4. The molecule has 5 heteroatoms. The highest BCUT2D eigenvalue weighted by Gasteiger charge is 2.20. The third kappa shape index (κ3) is 2.16. The third-order valence-electron chi connectivity index (χ3n) is 3.39. The second kappa shape index (κ2) is 4.91. The Morgan fingerprint density at radius 1 is 1.32 bits per heavy atom. The number of ketones is 1. The SMILES string of the molecule is CCCn1cncc1-c1ncc2c(n1)CCCC2=O. The molecule has 2 heterocycles. The summed E-state index contributed by atoms with van der Waals surface area (Å²) in [6, 6.07) is 0. The van der Waals surface area contributed by atoms with Gasteiger partial charge in [0.2, 0.25) is 0 Å². The molecular formula is C14H16N4O. The van der Waals surface area contributed by atoms with Gasteiger partial charge in [0.1, 0.15) is 5.69 Å². The van der Waals surface area contributed by atoms with Crippen LogP contribution >= 0.6 is 0 Å². The van der Waals surface area contributed by atoms with Crippen molar-refractivity contribution in [1.82, 2.24) is 19.5 Å². The van der Waals surface area contributed by atoms with E-state index in [0.29, 0.717) is 17.8 Å². The molecule has 98 valence electrons. The lowest BCUT2D eigenvalue weighted by Gasteiger charge is -2.14. The van der Waals surface area contributed by atoms with E-state index in [-0.39, 0.29) is 5.78 Å². The molecule has 19 heavy (non-hydrogen) atoms. The lowest BCUT2D eigenvalue weighted by atomic mass is 9.96. The van der Waals surface area contributed by atoms with E-state index in [1.165, 1.54) is 0 Å². The van der Waals surface area contributed by atoms with Gasteiger partial charge in [0, 0.05) is 19.2 Å². The maximum atomic E-state index is 11.8. The van der Waals surface area contributed by atoms with Crippen LogP contribution in [0.2, 0.25) is 0 Å². The topological polar surface area (TPSA) is 60.7 Å². The highest BCUT2D eigenvalue weighted by Crippen LogP contribution is 2.22. The van der Waals surface area contributed by atoms with Gasteiger partial charge in [-0.25, -0.2) is 15.0 Å². The molecule has 1 aliphatic carbocycles. The molecular weight excluding hydrogens is 240 g/mol. The molecule has 0 saturated heterocycles. The molecule has 1 aliphatic rings. The zero-order chi connectivity index (χ0) is 13.2. The minimum Gasteiger partial charge on any atom is -0.328 e. The Balaban J connectivity index is 2.02. The van der Waals surface area contributed by atoms with Gasteiger partial charge >= 0.3 is 0 Å². The predicted molar refractivity (Wildman–Crippen MR) is 70.8 cm³/mol. The average molecular weight is 256 g/mol. The highest BCUT2D eigenvalue weighted by atomic mass is 16.1. The number of aryl methyl sites for hydroxylation is 2. The van der Waals surface area contributed by atoms with Crippen LogP contribution < -0.4 is 0 Å². The summed E-state index contributed by atoms with van der Waals surface area (Å²) in [5.74, 6) is 0.828. The molecule has 0 aliphatic heterocycles. The summed E-state index contributed by atoms with van der Waals surface area (Å²) >= 11 is 0. The van der Waals surface area contributed by atoms with E-state index >= 15 is 0 Å². The van der Waals surface area contributed by atoms with Gasteiger partial charge in [0.15, 0.2) is 11.6 Å². The summed E-state index contributed by atoms with van der Waals surface area (Å²) < 4.78 is 2.05. The van der Waals surface area contributed by atoms with E-state index in [1.54, 1.807) is 18.7 Å². The van der Waals surface area contributed by atoms with Crippen LogP contribution in [0, 0.1) is 0 Å². The van der Waals surface area contributed by atoms with E-state index in [0.717, 1.165) is 37.2 Å². The van der Waals surface area contributed by atoms with Crippen LogP contribution in [0.25, 0.3) is 11.5 Å². The molecule has 0 N–H and O–H groups in total. The van der Waals surface area contributed by atoms with Crippen molar-refractivity contribution in [3.05, 3.63) is 30.0 Å². The maximum Gasteiger partial charge on any atom is 0.178 e. The Labute approximate surface area is 111 Å². The Kier molecular flexibility index (Phi) is 3.11. The van der Waals surface area contributed by atoms with Crippen molar-refractivity contribution < 1.29 is 4.79 Å². The van der Waals surface area contributed by atoms with Crippen LogP contribution in [-0.2, 0) is 13.0 Å². The fourth-order valence-corrected chi connectivity index (χ4v) is 2.44. The van der Waals surface area contributed by atoms with Gasteiger partial charge in [-0.2, -0.15) is 0 Å². The van der Waals surface area contributed by atoms with Gasteiger partial charge in [-0.3, -0.25) is 4.79 Å². The number of nitrogens with zero attached hydrogens (tertiary/aromatic N) is 4. The Bertz CT molecular complexity index is 618. The molecule has 0 atom stereocenters. The fraction of sp³-hybridized carbons (Fsp3) is 0.429. The highest BCUT2D eigenvalue weighted by molar-refractivity contribution is 5.97. The Morgan fingerprint density at radius 2 is 2.21 bits per heavy atom. The molecule has 3 rings (SSSR count). The summed E-state index contributed by atoms with van der Waals surface area (Å²) in [4.78, 5) is 24.8. The van der Waals surface area contributed by atoms with Gasteiger partial charge in [-0.05, 0) is 19.3 Å². The lowest BCUT2D eigenvalue weighted by Crippen LogP contribution is -2.14. The van der Waals surface area contributed by atoms with E-state index in [2.05, 4.69) is 21.9 Å². The molecule has 0 fully saturated rings. The van der Waals surface area contributed by atoms with Gasteiger partial charge in [0.25, 0.3) is 0 Å². The number of carbonyl (C=O) groups excluding carboxylic acids is 1. The molecule has 0 amide bonds. The van der Waals surface area contributed by atoms with Gasteiger partial charge < -0.3 is 4.57 Å². The molecule has 0 spiro atoms. The molecule has 5 nitrogen and oxygen atoms in total. The molecule has 0 aromatic carbocycles. The minimum absolute atomic E-state index is 0.162. The van der Waals surface area contributed by atoms with E-state index in [4.69, 9.17) is 0 Å². The fourth-order valence-electron chi connectivity index (χ4n) is 2.44. The minimum atomic E-state index is 0.162. The Morgan fingerprint density at radius 3 is 3.05 bits per heavy atom. The van der Waals surface area contributed by atoms with E-state index in [1.807, 2.05) is 4.57 Å². The van der Waals surface area contributed by atoms with Gasteiger partial charge in [-0.15, -0.1) is 0 Å². The predicted octanol–water partition coefficient (Wildman–Crippen LogP) is 2.27. The van der Waals surface area contributed by atoms with Crippen LogP contribution in [0.4, 0.5) is 0 Å². The summed E-state index contributed by atoms with van der Waals surface area (Å²) in [7, 11) is 0. The standard InChI is InChI=1S/C14H16N4O/c1-2-6-18-9-15-8-12(18)14-16-7-10-11(17-14)4-3-5-13(10)19/h7-9H,2-6H2,1H3. The van der Waals surface area contributed by atoms with Crippen molar-refractivity contribution in [2.24, 2.45) is 0 Å². The molecule has 0 unspecified atom stereocenters. The monoisotopic (exact) mass is 256 g/mol. The quantitative estimate of drug-likeness (QED) is 0.845. The third-order valence-corrected chi connectivity index (χ3v) is 3.39. The number of fused-ring (bicyclic) bond motifs is 1. The second-order valence-corrected chi connectivity index (χ2v) is 4.80. The lowest BCUT2D eigenvalue weighted by molar-refractivity contribution is 0.0971. The van der Waals surface area contributed by atoms with Crippen LogP contribution in [0.15, 0.2) is 18.7 Å². The first kappa shape index (κ1) is 12.0. The number of Topliss-reactive ketones (excluding diaryl/α,β-unsaturated/α-hetero) is 1. The van der Waals surface area contributed by atoms with Crippen molar-refractivity contribution in [1.29, 1.82) is 0 Å². The van der Waals surface area contributed by atoms with Crippen molar-refractivity contribution in [2.75, 3.05) is 0 Å². The van der Waals surface area contributed by atoms with E-state index in [9.17, 15) is 4.79 Å². The Hall–Kier alpha value is -2.04. The molecule has 0 bridgehead atoms. The van der Waals surface area contributed by atoms with Crippen LogP contribution in [0.5, 0.6) is 0 Å².